The Morgan fingerprint density at radius 1 is 1.20 bits per heavy atom. The Kier molecular flexibility index (Phi) is 3.03. The quantitative estimate of drug-likeness (QED) is 0.903. The highest BCUT2D eigenvalue weighted by atomic mass is 15.3. The molecule has 6 heteroatoms. The molecule has 0 bridgehead atoms. The summed E-state index contributed by atoms with van der Waals surface area (Å²) in [5.41, 5.74) is 0.858. The predicted molar refractivity (Wildman–Crippen MR) is 76.7 cm³/mol. The minimum Gasteiger partial charge on any atom is -0.353 e. The van der Waals surface area contributed by atoms with Crippen molar-refractivity contribution in [3.8, 4) is 0 Å². The van der Waals surface area contributed by atoms with Crippen LogP contribution in [-0.4, -0.2) is 45.3 Å². The molecule has 2 aliphatic rings. The highest BCUT2D eigenvalue weighted by Crippen LogP contribution is 2.28. The van der Waals surface area contributed by atoms with Gasteiger partial charge in [-0.15, -0.1) is 10.2 Å². The van der Waals surface area contributed by atoms with Crippen molar-refractivity contribution in [3.05, 3.63) is 18.7 Å². The van der Waals surface area contributed by atoms with Gasteiger partial charge in [-0.25, -0.2) is 4.98 Å². The summed E-state index contributed by atoms with van der Waals surface area (Å²) in [6.45, 7) is 3.30. The molecule has 0 aromatic carbocycles. The smallest absolute Gasteiger partial charge is 0.203 e. The van der Waals surface area contributed by atoms with Crippen LogP contribution in [0, 0.1) is 5.92 Å². The molecule has 6 nitrogen and oxygen atoms in total. The number of aromatic nitrogens is 4. The molecule has 1 saturated carbocycles. The second-order valence-electron chi connectivity index (χ2n) is 5.93. The third kappa shape index (κ3) is 2.35. The third-order valence-electron chi connectivity index (χ3n) is 4.38. The molecule has 2 fully saturated rings. The molecule has 3 heterocycles. The van der Waals surface area contributed by atoms with Crippen molar-refractivity contribution in [1.29, 1.82) is 0 Å². The van der Waals surface area contributed by atoms with E-state index in [4.69, 9.17) is 0 Å². The zero-order chi connectivity index (χ0) is 13.4. The van der Waals surface area contributed by atoms with Gasteiger partial charge in [-0.05, 0) is 38.1 Å². The first kappa shape index (κ1) is 12.1. The number of hydrogen-bond acceptors (Lipinski definition) is 5. The molecule has 0 amide bonds. The van der Waals surface area contributed by atoms with Gasteiger partial charge in [-0.1, -0.05) is 0 Å². The van der Waals surface area contributed by atoms with Crippen LogP contribution in [-0.2, 0) is 0 Å². The number of nitrogens with zero attached hydrogens (tertiary/aromatic N) is 5. The molecule has 1 aliphatic carbocycles. The highest BCUT2D eigenvalue weighted by Gasteiger charge is 2.25. The first-order chi connectivity index (χ1) is 9.90. The Hall–Kier alpha value is -1.69. The second-order valence-corrected chi connectivity index (χ2v) is 5.93. The van der Waals surface area contributed by atoms with E-state index >= 15 is 0 Å². The molecule has 2 aromatic heterocycles. The van der Waals surface area contributed by atoms with E-state index in [1.807, 2.05) is 16.8 Å². The zero-order valence-corrected chi connectivity index (χ0v) is 11.6. The topological polar surface area (TPSA) is 58.4 Å². The summed E-state index contributed by atoms with van der Waals surface area (Å²) in [5, 5.41) is 11.8. The number of piperidine rings is 1. The fourth-order valence-corrected chi connectivity index (χ4v) is 2.92. The Labute approximate surface area is 118 Å². The number of hydrogen-bond donors (Lipinski definition) is 1. The fraction of sp³-hybridized carbons (Fsp3) is 0.643. The Bertz CT molecular complexity index is 582. The van der Waals surface area contributed by atoms with Crippen molar-refractivity contribution >= 4 is 11.5 Å². The Balaban J connectivity index is 1.41. The SMILES string of the molecule is c1cn2cnnc2c(N2CCC(NCC3CC3)CC2)n1. The standard InChI is InChI=1S/C14H20N6/c1-2-11(1)9-16-12-3-6-19(7-4-12)13-14-18-17-10-20(14)8-5-15-13/h5,8,10-12,16H,1-4,6-7,9H2. The summed E-state index contributed by atoms with van der Waals surface area (Å²) in [6.07, 6.45) is 10.7. The van der Waals surface area contributed by atoms with Crippen LogP contribution in [0.3, 0.4) is 0 Å². The van der Waals surface area contributed by atoms with Crippen LogP contribution < -0.4 is 10.2 Å². The van der Waals surface area contributed by atoms with E-state index in [1.165, 1.54) is 32.2 Å². The van der Waals surface area contributed by atoms with E-state index in [-0.39, 0.29) is 0 Å². The van der Waals surface area contributed by atoms with Crippen molar-refractivity contribution in [2.75, 3.05) is 24.5 Å². The number of nitrogens with one attached hydrogen (secondary N) is 1. The minimum atomic E-state index is 0.671. The van der Waals surface area contributed by atoms with Crippen molar-refractivity contribution in [2.24, 2.45) is 5.92 Å². The zero-order valence-electron chi connectivity index (χ0n) is 11.6. The maximum absolute atomic E-state index is 4.49. The van der Waals surface area contributed by atoms with Crippen LogP contribution in [0.1, 0.15) is 25.7 Å². The van der Waals surface area contributed by atoms with Crippen LogP contribution in [0.25, 0.3) is 5.65 Å². The van der Waals surface area contributed by atoms with Gasteiger partial charge in [0.2, 0.25) is 5.65 Å². The normalized spacial score (nSPS) is 20.7. The number of fused-ring (bicyclic) bond motifs is 1. The molecule has 0 atom stereocenters. The largest absolute Gasteiger partial charge is 0.353 e. The molecule has 4 rings (SSSR count). The first-order valence-electron chi connectivity index (χ1n) is 7.53. The summed E-state index contributed by atoms with van der Waals surface area (Å²) in [7, 11) is 0. The van der Waals surface area contributed by atoms with Crippen LogP contribution in [0.2, 0.25) is 0 Å². The van der Waals surface area contributed by atoms with E-state index in [9.17, 15) is 0 Å². The average Bonchev–Trinajstić information content (AvgIpc) is 3.20. The maximum Gasteiger partial charge on any atom is 0.203 e. The summed E-state index contributed by atoms with van der Waals surface area (Å²) in [4.78, 5) is 6.83. The Morgan fingerprint density at radius 2 is 2.05 bits per heavy atom. The van der Waals surface area contributed by atoms with E-state index in [0.29, 0.717) is 6.04 Å². The van der Waals surface area contributed by atoms with Gasteiger partial charge < -0.3 is 10.2 Å². The van der Waals surface area contributed by atoms with Crippen molar-refractivity contribution < 1.29 is 0 Å². The molecule has 0 unspecified atom stereocenters. The van der Waals surface area contributed by atoms with Gasteiger partial charge in [0.1, 0.15) is 6.33 Å². The van der Waals surface area contributed by atoms with Crippen LogP contribution in [0.5, 0.6) is 0 Å². The molecule has 1 saturated heterocycles. The van der Waals surface area contributed by atoms with Gasteiger partial charge in [-0.2, -0.15) is 0 Å². The molecule has 1 N–H and O–H groups in total. The highest BCUT2D eigenvalue weighted by molar-refractivity contribution is 5.63. The summed E-state index contributed by atoms with van der Waals surface area (Å²) in [6, 6.07) is 0.671. The Morgan fingerprint density at radius 3 is 2.85 bits per heavy atom. The lowest BCUT2D eigenvalue weighted by molar-refractivity contribution is 0.408. The van der Waals surface area contributed by atoms with Gasteiger partial charge in [0.15, 0.2) is 5.82 Å². The van der Waals surface area contributed by atoms with E-state index < -0.39 is 0 Å². The van der Waals surface area contributed by atoms with Crippen molar-refractivity contribution in [3.63, 3.8) is 0 Å². The van der Waals surface area contributed by atoms with Gasteiger partial charge in [0.25, 0.3) is 0 Å². The molecular weight excluding hydrogens is 252 g/mol. The number of anilines is 1. The lowest BCUT2D eigenvalue weighted by atomic mass is 10.0. The molecule has 0 spiro atoms. The van der Waals surface area contributed by atoms with E-state index in [0.717, 1.165) is 30.5 Å². The van der Waals surface area contributed by atoms with Gasteiger partial charge in [0, 0.05) is 31.5 Å². The van der Waals surface area contributed by atoms with Crippen molar-refractivity contribution in [1.82, 2.24) is 24.9 Å². The maximum atomic E-state index is 4.49. The fourth-order valence-electron chi connectivity index (χ4n) is 2.92. The monoisotopic (exact) mass is 272 g/mol. The molecular formula is C14H20N6. The molecule has 1 aliphatic heterocycles. The average molecular weight is 272 g/mol. The summed E-state index contributed by atoms with van der Waals surface area (Å²) < 4.78 is 1.93. The van der Waals surface area contributed by atoms with Crippen LogP contribution in [0.15, 0.2) is 18.7 Å². The van der Waals surface area contributed by atoms with Gasteiger partial charge >= 0.3 is 0 Å². The first-order valence-corrected chi connectivity index (χ1v) is 7.53. The molecule has 2 aromatic rings. The minimum absolute atomic E-state index is 0.671. The molecule has 106 valence electrons. The summed E-state index contributed by atoms with van der Waals surface area (Å²) in [5.74, 6) is 1.92. The second kappa shape index (κ2) is 5.01. The van der Waals surface area contributed by atoms with E-state index in [1.54, 1.807) is 6.33 Å². The predicted octanol–water partition coefficient (Wildman–Crippen LogP) is 1.09. The molecule has 20 heavy (non-hydrogen) atoms. The molecule has 0 radical (unpaired) electrons. The lowest BCUT2D eigenvalue weighted by Crippen LogP contribution is -2.43. The summed E-state index contributed by atoms with van der Waals surface area (Å²) >= 11 is 0. The lowest BCUT2D eigenvalue weighted by Gasteiger charge is -2.33. The van der Waals surface area contributed by atoms with Crippen LogP contribution >= 0.6 is 0 Å². The van der Waals surface area contributed by atoms with E-state index in [2.05, 4.69) is 25.4 Å². The third-order valence-corrected chi connectivity index (χ3v) is 4.38. The van der Waals surface area contributed by atoms with Crippen molar-refractivity contribution in [2.45, 2.75) is 31.7 Å². The van der Waals surface area contributed by atoms with Crippen LogP contribution in [0.4, 0.5) is 5.82 Å². The van der Waals surface area contributed by atoms with Gasteiger partial charge in [0.05, 0.1) is 0 Å². The number of rotatable bonds is 4. The van der Waals surface area contributed by atoms with Gasteiger partial charge in [-0.3, -0.25) is 4.40 Å².